The lowest BCUT2D eigenvalue weighted by Crippen LogP contribution is -2.17. The molecule has 2 aliphatic heterocycles. The fraction of sp³-hybridized carbons (Fsp3) is 0.188. The van der Waals surface area contributed by atoms with Crippen LogP contribution in [-0.2, 0) is 14.2 Å². The van der Waals surface area contributed by atoms with E-state index in [9.17, 15) is 0 Å². The second kappa shape index (κ2) is 10.8. The highest BCUT2D eigenvalue weighted by Gasteiger charge is 2.35. The van der Waals surface area contributed by atoms with Crippen LogP contribution in [0.25, 0.3) is 0 Å². The molecule has 0 radical (unpaired) electrons. The fourth-order valence-electron chi connectivity index (χ4n) is 4.88. The van der Waals surface area contributed by atoms with Crippen LogP contribution in [0.2, 0.25) is 0 Å². The highest BCUT2D eigenvalue weighted by molar-refractivity contribution is 5.82. The highest BCUT2D eigenvalue weighted by atomic mass is 16.6. The van der Waals surface area contributed by atoms with Gasteiger partial charge in [0, 0.05) is 0 Å². The summed E-state index contributed by atoms with van der Waals surface area (Å²) in [6.07, 6.45) is -0.376. The van der Waals surface area contributed by atoms with E-state index in [1.54, 1.807) is 0 Å². The Kier molecular flexibility index (Phi) is 6.78. The number of nitrogens with zero attached hydrogens (tertiary/aromatic N) is 2. The maximum absolute atomic E-state index is 6.30. The molecule has 2 heterocycles. The van der Waals surface area contributed by atoms with Crippen LogP contribution < -0.4 is 0 Å². The molecule has 0 unspecified atom stereocenters. The number of hydrogen-bond acceptors (Lipinski definition) is 5. The van der Waals surface area contributed by atoms with Gasteiger partial charge in [0.2, 0.25) is 11.8 Å². The molecule has 0 aromatic heterocycles. The van der Waals surface area contributed by atoms with Gasteiger partial charge in [-0.2, -0.15) is 0 Å². The topological polar surface area (TPSA) is 52.4 Å². The first-order chi connectivity index (χ1) is 18.3. The van der Waals surface area contributed by atoms with Gasteiger partial charge in [0.1, 0.15) is 25.3 Å². The Morgan fingerprint density at radius 2 is 0.784 bits per heavy atom. The van der Waals surface area contributed by atoms with Gasteiger partial charge in [0.15, 0.2) is 12.2 Å². The summed E-state index contributed by atoms with van der Waals surface area (Å²) in [6, 6.07) is 40.7. The van der Waals surface area contributed by atoms with Crippen molar-refractivity contribution < 1.29 is 14.2 Å². The quantitative estimate of drug-likeness (QED) is 0.273. The predicted molar refractivity (Wildman–Crippen MR) is 145 cm³/mol. The Balaban J connectivity index is 1.15. The third-order valence-electron chi connectivity index (χ3n) is 6.66. The zero-order valence-corrected chi connectivity index (χ0v) is 20.4. The van der Waals surface area contributed by atoms with Crippen LogP contribution in [0.4, 0.5) is 0 Å². The second-order valence-corrected chi connectivity index (χ2v) is 9.15. The van der Waals surface area contributed by atoms with E-state index < -0.39 is 0 Å². The van der Waals surface area contributed by atoms with Gasteiger partial charge in [0.25, 0.3) is 0 Å². The number of hydrogen-bond donors (Lipinski definition) is 0. The van der Waals surface area contributed by atoms with Crippen LogP contribution in [0.3, 0.4) is 0 Å². The normalized spacial score (nSPS) is 22.6. The first-order valence-corrected chi connectivity index (χ1v) is 12.6. The van der Waals surface area contributed by atoms with Crippen molar-refractivity contribution in [1.29, 1.82) is 0 Å². The van der Waals surface area contributed by atoms with E-state index >= 15 is 0 Å². The van der Waals surface area contributed by atoms with Crippen molar-refractivity contribution >= 4 is 11.8 Å². The van der Waals surface area contributed by atoms with E-state index in [-0.39, 0.29) is 37.5 Å². The Morgan fingerprint density at radius 1 is 0.459 bits per heavy atom. The first kappa shape index (κ1) is 23.2. The average molecular weight is 489 g/mol. The number of benzene rings is 4. The van der Waals surface area contributed by atoms with Crippen LogP contribution in [0.1, 0.15) is 46.5 Å². The molecule has 0 saturated carbocycles. The number of aliphatic imine (C=N–C) groups is 2. The largest absolute Gasteiger partial charge is 0.468 e. The molecule has 5 nitrogen and oxygen atoms in total. The van der Waals surface area contributed by atoms with Gasteiger partial charge in [-0.05, 0) is 22.3 Å². The van der Waals surface area contributed by atoms with Crippen molar-refractivity contribution in [3.63, 3.8) is 0 Å². The summed E-state index contributed by atoms with van der Waals surface area (Å²) in [4.78, 5) is 9.79. The summed E-state index contributed by atoms with van der Waals surface area (Å²) in [6.45, 7) is 0.502. The lowest BCUT2D eigenvalue weighted by Gasteiger charge is -2.18. The molecule has 4 atom stereocenters. The summed E-state index contributed by atoms with van der Waals surface area (Å²) in [5.41, 5.74) is 4.42. The van der Waals surface area contributed by atoms with Crippen LogP contribution in [0, 0.1) is 0 Å². The van der Waals surface area contributed by atoms with E-state index in [1.165, 1.54) is 0 Å². The van der Waals surface area contributed by atoms with Gasteiger partial charge in [-0.1, -0.05) is 121 Å². The predicted octanol–water partition coefficient (Wildman–Crippen LogP) is 6.83. The number of rotatable bonds is 8. The van der Waals surface area contributed by atoms with E-state index in [2.05, 4.69) is 48.5 Å². The van der Waals surface area contributed by atoms with Gasteiger partial charge < -0.3 is 14.2 Å². The maximum atomic E-state index is 6.30. The molecule has 0 fully saturated rings. The zero-order chi connectivity index (χ0) is 24.9. The molecule has 0 amide bonds. The van der Waals surface area contributed by atoms with Gasteiger partial charge in [0.05, 0.1) is 0 Å². The third kappa shape index (κ3) is 5.18. The van der Waals surface area contributed by atoms with Gasteiger partial charge >= 0.3 is 0 Å². The molecule has 0 saturated heterocycles. The molecule has 4 aromatic rings. The molecule has 6 rings (SSSR count). The summed E-state index contributed by atoms with van der Waals surface area (Å²) in [5.74, 6) is 1.17. The van der Waals surface area contributed by atoms with E-state index in [0.29, 0.717) is 11.8 Å². The minimum atomic E-state index is -0.188. The van der Waals surface area contributed by atoms with Crippen molar-refractivity contribution in [2.24, 2.45) is 9.98 Å². The van der Waals surface area contributed by atoms with Crippen LogP contribution in [-0.4, -0.2) is 25.0 Å². The van der Waals surface area contributed by atoms with Gasteiger partial charge in [-0.3, -0.25) is 0 Å². The van der Waals surface area contributed by atoms with Crippen LogP contribution >= 0.6 is 0 Å². The Hall–Kier alpha value is -4.22. The maximum Gasteiger partial charge on any atom is 0.211 e. The zero-order valence-electron chi connectivity index (χ0n) is 20.4. The van der Waals surface area contributed by atoms with Crippen molar-refractivity contribution in [3.8, 4) is 0 Å². The van der Waals surface area contributed by atoms with E-state index in [0.717, 1.165) is 22.3 Å². The summed E-state index contributed by atoms with van der Waals surface area (Å²) in [7, 11) is 0. The van der Waals surface area contributed by atoms with E-state index in [1.807, 2.05) is 72.8 Å². The van der Waals surface area contributed by atoms with Crippen LogP contribution in [0.15, 0.2) is 131 Å². The molecule has 0 N–H and O–H groups in total. The lowest BCUT2D eigenvalue weighted by atomic mass is 9.97. The monoisotopic (exact) mass is 488 g/mol. The van der Waals surface area contributed by atoms with Crippen molar-refractivity contribution in [2.75, 3.05) is 13.2 Å². The summed E-state index contributed by atoms with van der Waals surface area (Å²) < 4.78 is 18.6. The van der Waals surface area contributed by atoms with Gasteiger partial charge in [-0.15, -0.1) is 0 Å². The molecule has 4 aromatic carbocycles. The standard InChI is InChI=1S/C32H28N2O3/c1-5-13-23(14-6-1)29-31(25-17-9-3-10-18-25)36-27(33-29)21-35-22-28-34-30(24-15-7-2-8-16-24)32(37-28)26-19-11-4-12-20-26/h1-20,29-32H,21-22H2/t29-,30+,31+,32-. The van der Waals surface area contributed by atoms with Crippen LogP contribution in [0.5, 0.6) is 0 Å². The third-order valence-corrected chi connectivity index (χ3v) is 6.66. The SMILES string of the molecule is c1ccc([C@H]2N=C(COCC3=N[C@@H](c4ccccc4)[C@@H](c4ccccc4)O3)O[C@H]2c2ccccc2)cc1. The average Bonchev–Trinajstić information content (AvgIpc) is 3.60. The smallest absolute Gasteiger partial charge is 0.211 e. The summed E-state index contributed by atoms with van der Waals surface area (Å²) in [5, 5.41) is 0. The molecule has 184 valence electrons. The molecule has 5 heteroatoms. The molecular formula is C32H28N2O3. The molecule has 0 spiro atoms. The Bertz CT molecular complexity index is 1250. The number of ether oxygens (including phenoxy) is 3. The van der Waals surface area contributed by atoms with Gasteiger partial charge in [-0.25, -0.2) is 9.98 Å². The molecule has 0 bridgehead atoms. The fourth-order valence-corrected chi connectivity index (χ4v) is 4.88. The minimum Gasteiger partial charge on any atom is -0.468 e. The first-order valence-electron chi connectivity index (χ1n) is 12.6. The van der Waals surface area contributed by atoms with E-state index in [4.69, 9.17) is 24.2 Å². The minimum absolute atomic E-state index is 0.118. The van der Waals surface area contributed by atoms with Crippen molar-refractivity contribution in [1.82, 2.24) is 0 Å². The van der Waals surface area contributed by atoms with Crippen molar-refractivity contribution in [2.45, 2.75) is 24.3 Å². The Labute approximate surface area is 217 Å². The molecule has 0 aliphatic carbocycles. The molecule has 37 heavy (non-hydrogen) atoms. The Morgan fingerprint density at radius 3 is 1.14 bits per heavy atom. The van der Waals surface area contributed by atoms with Crippen molar-refractivity contribution in [3.05, 3.63) is 144 Å². The molecular weight excluding hydrogens is 460 g/mol. The summed E-state index contributed by atoms with van der Waals surface area (Å²) >= 11 is 0. The molecule has 2 aliphatic rings. The second-order valence-electron chi connectivity index (χ2n) is 9.15. The highest BCUT2D eigenvalue weighted by Crippen LogP contribution is 2.41. The lowest BCUT2D eigenvalue weighted by molar-refractivity contribution is 0.133.